The number of hydrogen-bond acceptors (Lipinski definition) is 4. The summed E-state index contributed by atoms with van der Waals surface area (Å²) in [6.45, 7) is 7.82. The molecule has 1 aliphatic heterocycles. The molecule has 2 rings (SSSR count). The molecule has 0 bridgehead atoms. The van der Waals surface area contributed by atoms with E-state index < -0.39 is 0 Å². The Bertz CT molecular complexity index is 284. The summed E-state index contributed by atoms with van der Waals surface area (Å²) in [5.41, 5.74) is 0. The molecule has 0 saturated carbocycles. The van der Waals surface area contributed by atoms with E-state index in [1.165, 1.54) is 23.0 Å². The van der Waals surface area contributed by atoms with Crippen LogP contribution in [0, 0.1) is 0 Å². The molecular weight excluding hydrogens is 230 g/mol. The second-order valence-corrected chi connectivity index (χ2v) is 4.80. The number of aryl methyl sites for hydroxylation is 1. The predicted molar refractivity (Wildman–Crippen MR) is 66.9 cm³/mol. The molecule has 0 aromatic carbocycles. The summed E-state index contributed by atoms with van der Waals surface area (Å²) < 4.78 is 0. The number of piperazine rings is 1. The lowest BCUT2D eigenvalue weighted by atomic mass is 10.3. The number of nitrogens with one attached hydrogen (secondary N) is 1. The van der Waals surface area contributed by atoms with Crippen LogP contribution in [0.3, 0.4) is 0 Å². The first-order valence-corrected chi connectivity index (χ1v) is 6.07. The zero-order valence-electron chi connectivity index (χ0n) is 9.03. The van der Waals surface area contributed by atoms with E-state index in [0.717, 1.165) is 26.1 Å². The summed E-state index contributed by atoms with van der Waals surface area (Å²) in [7, 11) is 0. The monoisotopic (exact) mass is 247 g/mol. The van der Waals surface area contributed by atoms with Crippen LogP contribution in [0.2, 0.25) is 0 Å². The molecule has 0 unspecified atom stereocenters. The van der Waals surface area contributed by atoms with E-state index >= 15 is 0 Å². The highest BCUT2D eigenvalue weighted by atomic mass is 35.5. The molecule has 5 heteroatoms. The minimum atomic E-state index is 0. The minimum Gasteiger partial charge on any atom is -0.314 e. The van der Waals surface area contributed by atoms with Gasteiger partial charge in [-0.3, -0.25) is 4.90 Å². The summed E-state index contributed by atoms with van der Waals surface area (Å²) in [6.07, 6.45) is 3.09. The van der Waals surface area contributed by atoms with Crippen LogP contribution < -0.4 is 5.32 Å². The third kappa shape index (κ3) is 3.72. The van der Waals surface area contributed by atoms with Gasteiger partial charge in [-0.1, -0.05) is 6.92 Å². The van der Waals surface area contributed by atoms with Gasteiger partial charge in [0.2, 0.25) is 0 Å². The van der Waals surface area contributed by atoms with Gasteiger partial charge in [-0.2, -0.15) is 0 Å². The standard InChI is InChI=1S/C10H17N3S.ClH/c1-2-10-12-7-9(14-10)8-13-5-3-11-4-6-13;/h7,11H,2-6,8H2,1H3;1H. The molecule has 0 aliphatic carbocycles. The van der Waals surface area contributed by atoms with Gasteiger partial charge in [-0.15, -0.1) is 23.7 Å². The lowest BCUT2D eigenvalue weighted by Gasteiger charge is -2.26. The predicted octanol–water partition coefficient (Wildman–Crippen LogP) is 1.53. The van der Waals surface area contributed by atoms with Crippen molar-refractivity contribution in [2.75, 3.05) is 26.2 Å². The maximum absolute atomic E-state index is 4.38. The SMILES string of the molecule is CCc1ncc(CN2CCNCC2)s1.Cl. The minimum absolute atomic E-state index is 0. The molecule has 1 aromatic rings. The Morgan fingerprint density at radius 2 is 2.20 bits per heavy atom. The van der Waals surface area contributed by atoms with E-state index in [1.807, 2.05) is 17.5 Å². The normalized spacial score (nSPS) is 17.4. The Morgan fingerprint density at radius 3 is 2.80 bits per heavy atom. The molecule has 1 fully saturated rings. The molecule has 0 amide bonds. The third-order valence-corrected chi connectivity index (χ3v) is 3.62. The fourth-order valence-corrected chi connectivity index (χ4v) is 2.58. The Morgan fingerprint density at radius 1 is 1.47 bits per heavy atom. The number of rotatable bonds is 3. The van der Waals surface area contributed by atoms with E-state index in [4.69, 9.17) is 0 Å². The maximum atomic E-state index is 4.38. The second kappa shape index (κ2) is 6.43. The van der Waals surface area contributed by atoms with Gasteiger partial charge in [0.15, 0.2) is 0 Å². The lowest BCUT2D eigenvalue weighted by molar-refractivity contribution is 0.235. The zero-order valence-corrected chi connectivity index (χ0v) is 10.7. The molecule has 1 saturated heterocycles. The van der Waals surface area contributed by atoms with Crippen LogP contribution >= 0.6 is 23.7 Å². The Balaban J connectivity index is 0.00000112. The number of aromatic nitrogens is 1. The average molecular weight is 248 g/mol. The van der Waals surface area contributed by atoms with Crippen molar-refractivity contribution in [3.63, 3.8) is 0 Å². The van der Waals surface area contributed by atoms with Crippen LogP contribution in [0.4, 0.5) is 0 Å². The fraction of sp³-hybridized carbons (Fsp3) is 0.700. The summed E-state index contributed by atoms with van der Waals surface area (Å²) in [5, 5.41) is 4.62. The third-order valence-electron chi connectivity index (χ3n) is 2.49. The van der Waals surface area contributed by atoms with Gasteiger partial charge in [0.1, 0.15) is 0 Å². The van der Waals surface area contributed by atoms with Gasteiger partial charge in [0, 0.05) is 43.8 Å². The topological polar surface area (TPSA) is 28.2 Å². The number of nitrogens with zero attached hydrogens (tertiary/aromatic N) is 2. The molecule has 0 spiro atoms. The van der Waals surface area contributed by atoms with Crippen molar-refractivity contribution in [2.24, 2.45) is 0 Å². The first kappa shape index (κ1) is 12.9. The smallest absolute Gasteiger partial charge is 0.0925 e. The summed E-state index contributed by atoms with van der Waals surface area (Å²) in [6, 6.07) is 0. The van der Waals surface area contributed by atoms with E-state index in [-0.39, 0.29) is 12.4 Å². The van der Waals surface area contributed by atoms with Crippen molar-refractivity contribution in [1.82, 2.24) is 15.2 Å². The molecule has 2 heterocycles. The van der Waals surface area contributed by atoms with Gasteiger partial charge in [-0.05, 0) is 6.42 Å². The summed E-state index contributed by atoms with van der Waals surface area (Å²) >= 11 is 1.85. The molecule has 1 N–H and O–H groups in total. The number of thiazole rings is 1. The quantitative estimate of drug-likeness (QED) is 0.878. The molecule has 15 heavy (non-hydrogen) atoms. The van der Waals surface area contributed by atoms with Crippen LogP contribution in [-0.2, 0) is 13.0 Å². The van der Waals surface area contributed by atoms with E-state index in [1.54, 1.807) is 0 Å². The first-order chi connectivity index (χ1) is 6.88. The lowest BCUT2D eigenvalue weighted by Crippen LogP contribution is -2.42. The highest BCUT2D eigenvalue weighted by Gasteiger charge is 2.11. The number of halogens is 1. The van der Waals surface area contributed by atoms with Crippen molar-refractivity contribution in [3.05, 3.63) is 16.1 Å². The largest absolute Gasteiger partial charge is 0.314 e. The van der Waals surface area contributed by atoms with Crippen molar-refractivity contribution in [2.45, 2.75) is 19.9 Å². The van der Waals surface area contributed by atoms with Crippen LogP contribution in [0.1, 0.15) is 16.8 Å². The van der Waals surface area contributed by atoms with E-state index in [0.29, 0.717) is 0 Å². The van der Waals surface area contributed by atoms with Crippen molar-refractivity contribution >= 4 is 23.7 Å². The molecule has 3 nitrogen and oxygen atoms in total. The molecule has 86 valence electrons. The molecule has 1 aromatic heterocycles. The van der Waals surface area contributed by atoms with Gasteiger partial charge in [-0.25, -0.2) is 4.98 Å². The van der Waals surface area contributed by atoms with Gasteiger partial charge in [0.25, 0.3) is 0 Å². The fourth-order valence-electron chi connectivity index (χ4n) is 1.67. The van der Waals surface area contributed by atoms with Gasteiger partial charge >= 0.3 is 0 Å². The Kier molecular flexibility index (Phi) is 5.53. The Hall–Kier alpha value is -0.160. The Labute approximate surface area is 101 Å². The first-order valence-electron chi connectivity index (χ1n) is 5.25. The van der Waals surface area contributed by atoms with Crippen LogP contribution in [0.5, 0.6) is 0 Å². The second-order valence-electron chi connectivity index (χ2n) is 3.60. The average Bonchev–Trinajstić information content (AvgIpc) is 2.67. The number of hydrogen-bond donors (Lipinski definition) is 1. The molecule has 0 radical (unpaired) electrons. The van der Waals surface area contributed by atoms with E-state index in [9.17, 15) is 0 Å². The maximum Gasteiger partial charge on any atom is 0.0925 e. The molecular formula is C10H18ClN3S. The molecule has 0 atom stereocenters. The molecule has 1 aliphatic rings. The zero-order chi connectivity index (χ0) is 9.80. The van der Waals surface area contributed by atoms with Crippen LogP contribution in [0.25, 0.3) is 0 Å². The van der Waals surface area contributed by atoms with Crippen LogP contribution in [-0.4, -0.2) is 36.1 Å². The summed E-state index contributed by atoms with van der Waals surface area (Å²) in [5.74, 6) is 0. The van der Waals surface area contributed by atoms with Crippen molar-refractivity contribution < 1.29 is 0 Å². The highest BCUT2D eigenvalue weighted by molar-refractivity contribution is 7.11. The van der Waals surface area contributed by atoms with Gasteiger partial charge in [0.05, 0.1) is 5.01 Å². The highest BCUT2D eigenvalue weighted by Crippen LogP contribution is 2.15. The van der Waals surface area contributed by atoms with Crippen LogP contribution in [0.15, 0.2) is 6.20 Å². The van der Waals surface area contributed by atoms with E-state index in [2.05, 4.69) is 22.1 Å². The summed E-state index contributed by atoms with van der Waals surface area (Å²) in [4.78, 5) is 8.27. The van der Waals surface area contributed by atoms with Gasteiger partial charge < -0.3 is 5.32 Å². The van der Waals surface area contributed by atoms with Crippen molar-refractivity contribution in [3.8, 4) is 0 Å². The van der Waals surface area contributed by atoms with Crippen molar-refractivity contribution in [1.29, 1.82) is 0 Å².